The maximum atomic E-state index is 13.3. The summed E-state index contributed by atoms with van der Waals surface area (Å²) in [5.74, 6) is -3.48. The van der Waals surface area contributed by atoms with Gasteiger partial charge in [0.05, 0.1) is 10.9 Å². The Balaban J connectivity index is 2.04. The van der Waals surface area contributed by atoms with Crippen molar-refractivity contribution in [2.24, 2.45) is 0 Å². The van der Waals surface area contributed by atoms with Crippen LogP contribution in [0.2, 0.25) is 0 Å². The zero-order valence-electron chi connectivity index (χ0n) is 15.6. The molecule has 2 aromatic heterocycles. The van der Waals surface area contributed by atoms with Crippen molar-refractivity contribution in [2.45, 2.75) is 6.18 Å². The maximum absolute atomic E-state index is 13.3. The van der Waals surface area contributed by atoms with Gasteiger partial charge >= 0.3 is 6.18 Å². The van der Waals surface area contributed by atoms with Crippen LogP contribution in [-0.4, -0.2) is 21.6 Å². The lowest BCUT2D eigenvalue weighted by atomic mass is 10.0. The van der Waals surface area contributed by atoms with Crippen LogP contribution in [-0.2, 0) is 0 Å². The number of pyridine rings is 1. The Morgan fingerprint density at radius 3 is 2.29 bits per heavy atom. The molecule has 0 saturated carbocycles. The Morgan fingerprint density at radius 1 is 0.903 bits per heavy atom. The highest BCUT2D eigenvalue weighted by Crippen LogP contribution is 2.40. The first-order valence-electron chi connectivity index (χ1n) is 9.18. The van der Waals surface area contributed by atoms with Gasteiger partial charge in [-0.2, -0.15) is 13.2 Å². The van der Waals surface area contributed by atoms with Gasteiger partial charge in [-0.1, -0.05) is 36.4 Å². The number of fused-ring (bicyclic) bond motifs is 5. The van der Waals surface area contributed by atoms with Gasteiger partial charge < -0.3 is 9.52 Å². The number of halogens is 3. The van der Waals surface area contributed by atoms with Crippen LogP contribution in [0.5, 0.6) is 5.75 Å². The molecule has 2 heterocycles. The van der Waals surface area contributed by atoms with Gasteiger partial charge in [0.25, 0.3) is 11.3 Å². The molecule has 0 aliphatic carbocycles. The minimum absolute atomic E-state index is 0.0807. The summed E-state index contributed by atoms with van der Waals surface area (Å²) in [5, 5.41) is 11.8. The molecule has 0 aliphatic rings. The number of furan rings is 1. The summed E-state index contributed by atoms with van der Waals surface area (Å²) in [4.78, 5) is 25.2. The molecule has 0 amide bonds. The number of ketones is 1. The van der Waals surface area contributed by atoms with Crippen molar-refractivity contribution >= 4 is 38.6 Å². The highest BCUT2D eigenvalue weighted by Gasteiger charge is 2.43. The minimum atomic E-state index is -5.35. The van der Waals surface area contributed by atoms with E-state index in [4.69, 9.17) is 4.42 Å². The molecule has 154 valence electrons. The van der Waals surface area contributed by atoms with Crippen molar-refractivity contribution < 1.29 is 27.5 Å². The van der Waals surface area contributed by atoms with Crippen LogP contribution >= 0.6 is 0 Å². The Labute approximate surface area is 171 Å². The first-order chi connectivity index (χ1) is 14.8. The van der Waals surface area contributed by atoms with Gasteiger partial charge in [-0.15, -0.1) is 0 Å². The second-order valence-electron chi connectivity index (χ2n) is 6.96. The number of alkyl halides is 3. The largest absolute Gasteiger partial charge is 0.506 e. The minimum Gasteiger partial charge on any atom is -0.506 e. The summed E-state index contributed by atoms with van der Waals surface area (Å²) in [5.41, 5.74) is -1.74. The number of aromatic nitrogens is 1. The first kappa shape index (κ1) is 18.9. The second-order valence-corrected chi connectivity index (χ2v) is 6.96. The van der Waals surface area contributed by atoms with Gasteiger partial charge in [-0.3, -0.25) is 14.2 Å². The van der Waals surface area contributed by atoms with Crippen LogP contribution < -0.4 is 5.56 Å². The van der Waals surface area contributed by atoms with Crippen molar-refractivity contribution in [3.8, 4) is 11.4 Å². The molecule has 0 spiro atoms. The van der Waals surface area contributed by atoms with Crippen molar-refractivity contribution in [3.05, 3.63) is 82.6 Å². The fourth-order valence-corrected chi connectivity index (χ4v) is 3.82. The third-order valence-corrected chi connectivity index (χ3v) is 5.16. The van der Waals surface area contributed by atoms with Crippen LogP contribution in [0.3, 0.4) is 0 Å². The lowest BCUT2D eigenvalue weighted by molar-refractivity contribution is -0.0887. The Morgan fingerprint density at radius 2 is 1.58 bits per heavy atom. The van der Waals surface area contributed by atoms with Crippen molar-refractivity contribution in [2.75, 3.05) is 0 Å². The molecule has 0 bridgehead atoms. The first-order valence-corrected chi connectivity index (χ1v) is 9.18. The van der Waals surface area contributed by atoms with Crippen LogP contribution in [0.25, 0.3) is 38.5 Å². The van der Waals surface area contributed by atoms with E-state index in [0.29, 0.717) is 16.4 Å². The molecular weight excluding hydrogens is 411 g/mol. The van der Waals surface area contributed by atoms with Crippen LogP contribution in [0, 0.1) is 0 Å². The van der Waals surface area contributed by atoms with Gasteiger partial charge in [-0.25, -0.2) is 0 Å². The normalized spacial score (nSPS) is 12.1. The number of carbonyl (C=O) groups is 1. The predicted octanol–water partition coefficient (Wildman–Crippen LogP) is 5.34. The molecule has 5 aromatic rings. The van der Waals surface area contributed by atoms with Crippen LogP contribution in [0.4, 0.5) is 13.2 Å². The van der Waals surface area contributed by atoms with Gasteiger partial charge in [0.1, 0.15) is 22.5 Å². The second kappa shape index (κ2) is 6.46. The SMILES string of the molecule is O=C(c1c(O)c2c3oc4ccccc4c3ccc2n(-c2ccccc2)c1=O)C(F)(F)F. The monoisotopic (exact) mass is 423 g/mol. The van der Waals surface area contributed by atoms with Gasteiger partial charge in [0.15, 0.2) is 0 Å². The highest BCUT2D eigenvalue weighted by atomic mass is 19.4. The number of rotatable bonds is 2. The average Bonchev–Trinajstić information content (AvgIpc) is 3.12. The fourth-order valence-electron chi connectivity index (χ4n) is 3.82. The molecule has 1 N–H and O–H groups in total. The summed E-state index contributed by atoms with van der Waals surface area (Å²) < 4.78 is 46.6. The third kappa shape index (κ3) is 2.72. The molecule has 0 unspecified atom stereocenters. The molecule has 3 aromatic carbocycles. The van der Waals surface area contributed by atoms with E-state index in [2.05, 4.69) is 0 Å². The Hall–Kier alpha value is -4.07. The zero-order valence-corrected chi connectivity index (χ0v) is 15.6. The van der Waals surface area contributed by atoms with E-state index in [1.54, 1.807) is 48.5 Å². The Kier molecular flexibility index (Phi) is 3.95. The molecule has 8 heteroatoms. The molecule has 31 heavy (non-hydrogen) atoms. The summed E-state index contributed by atoms with van der Waals surface area (Å²) in [6.45, 7) is 0. The van der Waals surface area contributed by atoms with E-state index < -0.39 is 28.8 Å². The molecule has 0 atom stereocenters. The van der Waals surface area contributed by atoms with Crippen molar-refractivity contribution in [1.29, 1.82) is 0 Å². The van der Waals surface area contributed by atoms with E-state index in [-0.39, 0.29) is 22.2 Å². The number of carbonyl (C=O) groups excluding carboxylic acids is 1. The maximum Gasteiger partial charge on any atom is 0.455 e. The third-order valence-electron chi connectivity index (χ3n) is 5.16. The predicted molar refractivity (Wildman–Crippen MR) is 109 cm³/mol. The molecule has 5 nitrogen and oxygen atoms in total. The molecule has 0 fully saturated rings. The molecule has 0 saturated heterocycles. The highest BCUT2D eigenvalue weighted by molar-refractivity contribution is 6.18. The van der Waals surface area contributed by atoms with Crippen molar-refractivity contribution in [3.63, 3.8) is 0 Å². The number of hydrogen-bond acceptors (Lipinski definition) is 4. The topological polar surface area (TPSA) is 72.4 Å². The van der Waals surface area contributed by atoms with Gasteiger partial charge in [0.2, 0.25) is 0 Å². The van der Waals surface area contributed by atoms with Gasteiger partial charge in [-0.05, 0) is 30.3 Å². The summed E-state index contributed by atoms with van der Waals surface area (Å²) in [7, 11) is 0. The van der Waals surface area contributed by atoms with Gasteiger partial charge in [0, 0.05) is 16.5 Å². The van der Waals surface area contributed by atoms with Crippen LogP contribution in [0.15, 0.2) is 75.9 Å². The number of nitrogens with zero attached hydrogens (tertiary/aromatic N) is 1. The molecule has 0 aliphatic heterocycles. The number of aromatic hydroxyl groups is 1. The molecule has 0 radical (unpaired) electrons. The van der Waals surface area contributed by atoms with Crippen molar-refractivity contribution in [1.82, 2.24) is 4.57 Å². The summed E-state index contributed by atoms with van der Waals surface area (Å²) >= 11 is 0. The van der Waals surface area contributed by atoms with E-state index in [9.17, 15) is 27.9 Å². The smallest absolute Gasteiger partial charge is 0.455 e. The Bertz CT molecular complexity index is 1560. The summed E-state index contributed by atoms with van der Waals surface area (Å²) in [6.07, 6.45) is -5.35. The van der Waals surface area contributed by atoms with E-state index in [1.165, 1.54) is 18.2 Å². The van der Waals surface area contributed by atoms with E-state index in [1.807, 2.05) is 0 Å². The van der Waals surface area contributed by atoms with E-state index >= 15 is 0 Å². The number of benzene rings is 3. The fraction of sp³-hybridized carbons (Fsp3) is 0.0435. The standard InChI is InChI=1S/C23H12F3NO4/c24-23(25,26)21(29)18-19(28)17-15(27(22(18)30)12-6-2-1-3-7-12)11-10-14-13-8-4-5-9-16(13)31-20(14)17/h1-11,28H. The van der Waals surface area contributed by atoms with Crippen LogP contribution in [0.1, 0.15) is 10.4 Å². The number of para-hydroxylation sites is 2. The zero-order chi connectivity index (χ0) is 21.9. The number of hydrogen-bond donors (Lipinski definition) is 1. The lowest BCUT2D eigenvalue weighted by Gasteiger charge is -2.15. The lowest BCUT2D eigenvalue weighted by Crippen LogP contribution is -2.33. The molecule has 5 rings (SSSR count). The molecular formula is C23H12F3NO4. The summed E-state index contributed by atoms with van der Waals surface area (Å²) in [6, 6.07) is 18.0. The number of Topliss-reactive ketones (excluding diaryl/α,β-unsaturated/α-hetero) is 1. The van der Waals surface area contributed by atoms with E-state index in [0.717, 1.165) is 4.57 Å². The average molecular weight is 423 g/mol. The quantitative estimate of drug-likeness (QED) is 0.389.